The number of aromatic nitrogens is 4. The van der Waals surface area contributed by atoms with E-state index in [0.717, 1.165) is 25.9 Å². The topological polar surface area (TPSA) is 65.2 Å². The molecule has 7 nitrogen and oxygen atoms in total. The summed E-state index contributed by atoms with van der Waals surface area (Å²) in [6.45, 7) is 2.94. The summed E-state index contributed by atoms with van der Waals surface area (Å²) in [5.41, 5.74) is 0.480. The van der Waals surface area contributed by atoms with Crippen LogP contribution in [-0.4, -0.2) is 50.1 Å². The SMILES string of the molecule is O=C(c1cc2n(n1)CCCO2)N1CCC(n2cccn2)C1. The molecule has 0 N–H and O–H groups in total. The average molecular weight is 287 g/mol. The van der Waals surface area contributed by atoms with Gasteiger partial charge in [0.2, 0.25) is 5.88 Å². The number of aryl methyl sites for hydroxylation is 1. The van der Waals surface area contributed by atoms with Crippen LogP contribution in [0.15, 0.2) is 24.5 Å². The Balaban J connectivity index is 1.49. The van der Waals surface area contributed by atoms with Crippen LogP contribution in [0.4, 0.5) is 0 Å². The molecule has 2 aromatic rings. The van der Waals surface area contributed by atoms with Crippen molar-refractivity contribution >= 4 is 5.91 Å². The number of fused-ring (bicyclic) bond motifs is 1. The van der Waals surface area contributed by atoms with Crippen LogP contribution >= 0.6 is 0 Å². The summed E-state index contributed by atoms with van der Waals surface area (Å²) in [6, 6.07) is 3.92. The van der Waals surface area contributed by atoms with Crippen LogP contribution in [0.25, 0.3) is 0 Å². The lowest BCUT2D eigenvalue weighted by molar-refractivity contribution is 0.0780. The maximum atomic E-state index is 12.5. The van der Waals surface area contributed by atoms with Crippen molar-refractivity contribution in [2.75, 3.05) is 19.7 Å². The maximum Gasteiger partial charge on any atom is 0.274 e. The fourth-order valence-corrected chi connectivity index (χ4v) is 2.97. The molecule has 0 saturated carbocycles. The number of carbonyl (C=O) groups is 1. The molecule has 0 bridgehead atoms. The van der Waals surface area contributed by atoms with E-state index in [2.05, 4.69) is 10.2 Å². The molecule has 1 atom stereocenters. The lowest BCUT2D eigenvalue weighted by Gasteiger charge is -2.15. The highest BCUT2D eigenvalue weighted by Crippen LogP contribution is 2.24. The van der Waals surface area contributed by atoms with Crippen LogP contribution in [0.2, 0.25) is 0 Å². The zero-order chi connectivity index (χ0) is 14.2. The number of likely N-dealkylation sites (tertiary alicyclic amines) is 1. The van der Waals surface area contributed by atoms with Gasteiger partial charge < -0.3 is 9.64 Å². The molecule has 1 amide bonds. The first-order valence-corrected chi connectivity index (χ1v) is 7.30. The Bertz CT molecular complexity index is 625. The van der Waals surface area contributed by atoms with Crippen molar-refractivity contribution < 1.29 is 9.53 Å². The minimum absolute atomic E-state index is 0.0184. The first kappa shape index (κ1) is 12.4. The van der Waals surface area contributed by atoms with Crippen molar-refractivity contribution in [2.24, 2.45) is 0 Å². The molecule has 1 unspecified atom stereocenters. The molecule has 1 fully saturated rings. The van der Waals surface area contributed by atoms with E-state index >= 15 is 0 Å². The second-order valence-electron chi connectivity index (χ2n) is 5.47. The van der Waals surface area contributed by atoms with Crippen molar-refractivity contribution in [1.82, 2.24) is 24.5 Å². The largest absolute Gasteiger partial charge is 0.478 e. The predicted octanol–water partition coefficient (Wildman–Crippen LogP) is 0.949. The second-order valence-corrected chi connectivity index (χ2v) is 5.47. The summed E-state index contributed by atoms with van der Waals surface area (Å²) in [5, 5.41) is 8.62. The first-order valence-electron chi connectivity index (χ1n) is 7.30. The van der Waals surface area contributed by atoms with E-state index in [4.69, 9.17) is 4.74 Å². The van der Waals surface area contributed by atoms with Gasteiger partial charge in [-0.25, -0.2) is 4.68 Å². The molecular weight excluding hydrogens is 270 g/mol. The van der Waals surface area contributed by atoms with Gasteiger partial charge in [-0.05, 0) is 12.5 Å². The third-order valence-corrected chi connectivity index (χ3v) is 4.08. The van der Waals surface area contributed by atoms with Crippen LogP contribution in [0.1, 0.15) is 29.4 Å². The summed E-state index contributed by atoms with van der Waals surface area (Å²) < 4.78 is 9.21. The number of hydrogen-bond acceptors (Lipinski definition) is 4. The summed E-state index contributed by atoms with van der Waals surface area (Å²) in [5.74, 6) is 0.683. The molecule has 0 spiro atoms. The highest BCUT2D eigenvalue weighted by atomic mass is 16.5. The lowest BCUT2D eigenvalue weighted by Crippen LogP contribution is -2.29. The molecule has 2 aromatic heterocycles. The van der Waals surface area contributed by atoms with Crippen LogP contribution in [0.3, 0.4) is 0 Å². The van der Waals surface area contributed by atoms with E-state index in [1.165, 1.54) is 0 Å². The number of hydrogen-bond donors (Lipinski definition) is 0. The van der Waals surface area contributed by atoms with Crippen LogP contribution in [0, 0.1) is 0 Å². The zero-order valence-corrected chi connectivity index (χ0v) is 11.7. The third kappa shape index (κ3) is 2.18. The summed E-state index contributed by atoms with van der Waals surface area (Å²) in [7, 11) is 0. The number of nitrogens with zero attached hydrogens (tertiary/aromatic N) is 5. The monoisotopic (exact) mass is 287 g/mol. The van der Waals surface area contributed by atoms with Crippen molar-refractivity contribution in [2.45, 2.75) is 25.4 Å². The second kappa shape index (κ2) is 4.91. The molecule has 110 valence electrons. The Morgan fingerprint density at radius 3 is 3.14 bits per heavy atom. The molecule has 1 saturated heterocycles. The Labute approximate surface area is 122 Å². The smallest absolute Gasteiger partial charge is 0.274 e. The Morgan fingerprint density at radius 2 is 2.33 bits per heavy atom. The van der Waals surface area contributed by atoms with Crippen LogP contribution in [-0.2, 0) is 6.54 Å². The van der Waals surface area contributed by atoms with Gasteiger partial charge in [0.05, 0.1) is 12.6 Å². The molecular formula is C14H17N5O2. The normalized spacial score (nSPS) is 21.1. The first-order chi connectivity index (χ1) is 10.3. The van der Waals surface area contributed by atoms with Crippen molar-refractivity contribution in [3.05, 3.63) is 30.2 Å². The van der Waals surface area contributed by atoms with Gasteiger partial charge in [-0.15, -0.1) is 0 Å². The van der Waals surface area contributed by atoms with Crippen molar-refractivity contribution in [3.8, 4) is 5.88 Å². The molecule has 7 heteroatoms. The molecule has 4 heterocycles. The van der Waals surface area contributed by atoms with Gasteiger partial charge >= 0.3 is 0 Å². The molecule has 0 aromatic carbocycles. The third-order valence-electron chi connectivity index (χ3n) is 4.08. The quantitative estimate of drug-likeness (QED) is 0.825. The van der Waals surface area contributed by atoms with Gasteiger partial charge in [0, 0.05) is 44.5 Å². The predicted molar refractivity (Wildman–Crippen MR) is 74.1 cm³/mol. The Hall–Kier alpha value is -2.31. The van der Waals surface area contributed by atoms with Gasteiger partial charge in [-0.1, -0.05) is 0 Å². The van der Waals surface area contributed by atoms with E-state index in [1.54, 1.807) is 16.9 Å². The summed E-state index contributed by atoms with van der Waals surface area (Å²) in [6.07, 6.45) is 5.58. The van der Waals surface area contributed by atoms with Crippen LogP contribution in [0.5, 0.6) is 5.88 Å². The Kier molecular flexibility index (Phi) is 2.90. The van der Waals surface area contributed by atoms with Gasteiger partial charge in [-0.2, -0.15) is 10.2 Å². The highest BCUT2D eigenvalue weighted by Gasteiger charge is 2.30. The lowest BCUT2D eigenvalue weighted by atomic mass is 10.3. The molecule has 0 aliphatic carbocycles. The minimum atomic E-state index is -0.0184. The standard InChI is InChI=1S/C14H17N5O2/c20-14(12-9-13-19(16-12)6-2-8-21-13)17-7-3-11(10-17)18-5-1-4-15-18/h1,4-5,9,11H,2-3,6-8,10H2. The number of rotatable bonds is 2. The van der Waals surface area contributed by atoms with Crippen molar-refractivity contribution in [1.29, 1.82) is 0 Å². The maximum absolute atomic E-state index is 12.5. The van der Waals surface area contributed by atoms with E-state index in [1.807, 2.05) is 21.8 Å². The van der Waals surface area contributed by atoms with Crippen molar-refractivity contribution in [3.63, 3.8) is 0 Å². The molecule has 21 heavy (non-hydrogen) atoms. The van der Waals surface area contributed by atoms with Crippen LogP contribution < -0.4 is 4.74 Å². The van der Waals surface area contributed by atoms with Gasteiger partial charge in [0.25, 0.3) is 5.91 Å². The highest BCUT2D eigenvalue weighted by molar-refractivity contribution is 5.92. The molecule has 4 rings (SSSR count). The summed E-state index contributed by atoms with van der Waals surface area (Å²) in [4.78, 5) is 14.4. The fraction of sp³-hybridized carbons (Fsp3) is 0.500. The van der Waals surface area contributed by atoms with Gasteiger partial charge in [0.15, 0.2) is 5.69 Å². The van der Waals surface area contributed by atoms with E-state index in [0.29, 0.717) is 24.7 Å². The number of carbonyl (C=O) groups excluding carboxylic acids is 1. The van der Waals surface area contributed by atoms with Gasteiger partial charge in [0.1, 0.15) is 0 Å². The van der Waals surface area contributed by atoms with Gasteiger partial charge in [-0.3, -0.25) is 9.48 Å². The minimum Gasteiger partial charge on any atom is -0.478 e. The van der Waals surface area contributed by atoms with E-state index in [9.17, 15) is 4.79 Å². The average Bonchev–Trinajstić information content (AvgIpc) is 3.24. The summed E-state index contributed by atoms with van der Waals surface area (Å²) >= 11 is 0. The Morgan fingerprint density at radius 1 is 1.38 bits per heavy atom. The van der Waals surface area contributed by atoms with E-state index < -0.39 is 0 Å². The fourth-order valence-electron chi connectivity index (χ4n) is 2.97. The molecule has 2 aliphatic rings. The van der Waals surface area contributed by atoms with E-state index in [-0.39, 0.29) is 11.9 Å². The number of amides is 1. The molecule has 2 aliphatic heterocycles. The number of ether oxygens (including phenoxy) is 1. The molecule has 0 radical (unpaired) electrons. The zero-order valence-electron chi connectivity index (χ0n) is 11.7.